The third kappa shape index (κ3) is 2.81. The van der Waals surface area contributed by atoms with Crippen molar-refractivity contribution in [3.05, 3.63) is 28.2 Å². The molecular formula is C14H16BrF2NO. The zero-order valence-electron chi connectivity index (χ0n) is 10.7. The van der Waals surface area contributed by atoms with Gasteiger partial charge in [-0.25, -0.2) is 8.78 Å². The molecule has 0 aromatic heterocycles. The zero-order chi connectivity index (χ0) is 14.0. The van der Waals surface area contributed by atoms with Crippen LogP contribution in [0.4, 0.5) is 14.5 Å². The van der Waals surface area contributed by atoms with Crippen molar-refractivity contribution in [2.75, 3.05) is 5.32 Å². The summed E-state index contributed by atoms with van der Waals surface area (Å²) in [4.78, 5) is 12.3. The molecule has 1 aliphatic carbocycles. The molecule has 0 bridgehead atoms. The second-order valence-electron chi connectivity index (χ2n) is 5.04. The lowest BCUT2D eigenvalue weighted by Gasteiger charge is -2.26. The molecule has 0 saturated heterocycles. The minimum absolute atomic E-state index is 0.0501. The SMILES string of the molecule is CCC1(C(=O)Nc2cc(F)c(Br)cc2F)CCCC1. The fourth-order valence-corrected chi connectivity index (χ4v) is 2.98. The molecule has 104 valence electrons. The first-order chi connectivity index (χ1) is 8.98. The maximum absolute atomic E-state index is 13.7. The maximum atomic E-state index is 13.7. The van der Waals surface area contributed by atoms with E-state index < -0.39 is 17.0 Å². The summed E-state index contributed by atoms with van der Waals surface area (Å²) < 4.78 is 27.1. The molecule has 1 aromatic rings. The molecule has 0 spiro atoms. The largest absolute Gasteiger partial charge is 0.323 e. The van der Waals surface area contributed by atoms with Gasteiger partial charge in [-0.05, 0) is 41.3 Å². The Hall–Kier alpha value is -0.970. The first-order valence-corrected chi connectivity index (χ1v) is 7.24. The molecule has 1 saturated carbocycles. The fourth-order valence-electron chi connectivity index (χ4n) is 2.67. The first-order valence-electron chi connectivity index (χ1n) is 6.44. The van der Waals surface area contributed by atoms with Gasteiger partial charge in [-0.2, -0.15) is 0 Å². The van der Waals surface area contributed by atoms with E-state index in [2.05, 4.69) is 21.2 Å². The van der Waals surface area contributed by atoms with Gasteiger partial charge in [0.05, 0.1) is 10.2 Å². The summed E-state index contributed by atoms with van der Waals surface area (Å²) in [5.41, 5.74) is -0.513. The van der Waals surface area contributed by atoms with Gasteiger partial charge in [-0.15, -0.1) is 0 Å². The number of amides is 1. The number of nitrogens with one attached hydrogen (secondary N) is 1. The number of carbonyl (C=O) groups is 1. The van der Waals surface area contributed by atoms with Crippen LogP contribution >= 0.6 is 15.9 Å². The number of rotatable bonds is 3. The van der Waals surface area contributed by atoms with Crippen LogP contribution in [0.2, 0.25) is 0 Å². The van der Waals surface area contributed by atoms with Crippen LogP contribution < -0.4 is 5.32 Å². The van der Waals surface area contributed by atoms with Gasteiger partial charge >= 0.3 is 0 Å². The highest BCUT2D eigenvalue weighted by Crippen LogP contribution is 2.42. The van der Waals surface area contributed by atoms with E-state index in [0.717, 1.165) is 44.2 Å². The van der Waals surface area contributed by atoms with Crippen LogP contribution in [0.1, 0.15) is 39.0 Å². The molecule has 2 nitrogen and oxygen atoms in total. The van der Waals surface area contributed by atoms with E-state index in [1.165, 1.54) is 0 Å². The average Bonchev–Trinajstić information content (AvgIpc) is 2.86. The van der Waals surface area contributed by atoms with E-state index in [1.54, 1.807) is 0 Å². The van der Waals surface area contributed by atoms with Crippen molar-refractivity contribution in [1.82, 2.24) is 0 Å². The van der Waals surface area contributed by atoms with Gasteiger partial charge < -0.3 is 5.32 Å². The van der Waals surface area contributed by atoms with Crippen molar-refractivity contribution in [3.63, 3.8) is 0 Å². The quantitative estimate of drug-likeness (QED) is 0.803. The van der Waals surface area contributed by atoms with Gasteiger partial charge in [0.15, 0.2) is 0 Å². The monoisotopic (exact) mass is 331 g/mol. The van der Waals surface area contributed by atoms with E-state index >= 15 is 0 Å². The molecule has 1 aliphatic rings. The Balaban J connectivity index is 2.21. The van der Waals surface area contributed by atoms with Crippen LogP contribution in [0.5, 0.6) is 0 Å². The zero-order valence-corrected chi connectivity index (χ0v) is 12.3. The van der Waals surface area contributed by atoms with E-state index in [-0.39, 0.29) is 16.1 Å². The molecule has 2 rings (SSSR count). The van der Waals surface area contributed by atoms with Crippen molar-refractivity contribution in [1.29, 1.82) is 0 Å². The van der Waals surface area contributed by atoms with Crippen LogP contribution in [0.15, 0.2) is 16.6 Å². The average molecular weight is 332 g/mol. The van der Waals surface area contributed by atoms with E-state index in [1.807, 2.05) is 6.92 Å². The minimum Gasteiger partial charge on any atom is -0.323 e. The van der Waals surface area contributed by atoms with Gasteiger partial charge in [-0.1, -0.05) is 19.8 Å². The summed E-state index contributed by atoms with van der Waals surface area (Å²) in [6, 6.07) is 2.04. The van der Waals surface area contributed by atoms with Crippen molar-refractivity contribution >= 4 is 27.5 Å². The first kappa shape index (κ1) is 14.4. The number of anilines is 1. The van der Waals surface area contributed by atoms with Gasteiger partial charge in [0, 0.05) is 11.5 Å². The van der Waals surface area contributed by atoms with Gasteiger partial charge in [0.25, 0.3) is 0 Å². The molecular weight excluding hydrogens is 316 g/mol. The molecule has 0 radical (unpaired) electrons. The standard InChI is InChI=1S/C14H16BrF2NO/c1-2-14(5-3-4-6-14)13(19)18-12-8-10(16)9(15)7-11(12)17/h7-8H,2-6H2,1H3,(H,18,19). The third-order valence-corrected chi connectivity index (χ3v) is 4.58. The van der Waals surface area contributed by atoms with E-state index in [9.17, 15) is 13.6 Å². The lowest BCUT2D eigenvalue weighted by atomic mass is 9.82. The lowest BCUT2D eigenvalue weighted by Crippen LogP contribution is -2.33. The smallest absolute Gasteiger partial charge is 0.230 e. The molecule has 1 fully saturated rings. The Bertz CT molecular complexity index is 498. The highest BCUT2D eigenvalue weighted by atomic mass is 79.9. The Kier molecular flexibility index (Phi) is 4.23. The molecule has 0 unspecified atom stereocenters. The topological polar surface area (TPSA) is 29.1 Å². The van der Waals surface area contributed by atoms with Crippen LogP contribution in [0.3, 0.4) is 0 Å². The highest BCUT2D eigenvalue weighted by Gasteiger charge is 2.39. The number of hydrogen-bond acceptors (Lipinski definition) is 1. The Morgan fingerprint density at radius 1 is 1.32 bits per heavy atom. The van der Waals surface area contributed by atoms with Crippen LogP contribution in [-0.4, -0.2) is 5.91 Å². The van der Waals surface area contributed by atoms with Crippen molar-refractivity contribution < 1.29 is 13.6 Å². The van der Waals surface area contributed by atoms with Gasteiger partial charge in [-0.3, -0.25) is 4.79 Å². The predicted molar refractivity (Wildman–Crippen MR) is 73.9 cm³/mol. The molecule has 1 aromatic carbocycles. The van der Waals surface area contributed by atoms with Crippen molar-refractivity contribution in [2.24, 2.45) is 5.41 Å². The molecule has 0 heterocycles. The molecule has 1 N–H and O–H groups in total. The Labute approximate surface area is 119 Å². The summed E-state index contributed by atoms with van der Waals surface area (Å²) >= 11 is 2.91. The number of hydrogen-bond donors (Lipinski definition) is 1. The number of benzene rings is 1. The molecule has 1 amide bonds. The van der Waals surface area contributed by atoms with Crippen LogP contribution in [-0.2, 0) is 4.79 Å². The summed E-state index contributed by atoms with van der Waals surface area (Å²) in [5.74, 6) is -1.42. The van der Waals surface area contributed by atoms with Crippen molar-refractivity contribution in [3.8, 4) is 0 Å². The Morgan fingerprint density at radius 3 is 2.53 bits per heavy atom. The molecule has 5 heteroatoms. The van der Waals surface area contributed by atoms with E-state index in [4.69, 9.17) is 0 Å². The third-order valence-electron chi connectivity index (χ3n) is 3.98. The minimum atomic E-state index is -0.633. The molecule has 0 aliphatic heterocycles. The second kappa shape index (κ2) is 5.57. The predicted octanol–water partition coefficient (Wildman–Crippen LogP) is 4.64. The normalized spacial score (nSPS) is 17.5. The lowest BCUT2D eigenvalue weighted by molar-refractivity contribution is -0.125. The van der Waals surface area contributed by atoms with E-state index in [0.29, 0.717) is 0 Å². The van der Waals surface area contributed by atoms with Crippen LogP contribution in [0.25, 0.3) is 0 Å². The molecule has 19 heavy (non-hydrogen) atoms. The van der Waals surface area contributed by atoms with Gasteiger partial charge in [0.2, 0.25) is 5.91 Å². The van der Waals surface area contributed by atoms with Crippen molar-refractivity contribution in [2.45, 2.75) is 39.0 Å². The summed E-state index contributed by atoms with van der Waals surface area (Å²) in [5, 5.41) is 2.54. The Morgan fingerprint density at radius 2 is 1.95 bits per heavy atom. The summed E-state index contributed by atoms with van der Waals surface area (Å²) in [7, 11) is 0. The maximum Gasteiger partial charge on any atom is 0.230 e. The fraction of sp³-hybridized carbons (Fsp3) is 0.500. The summed E-state index contributed by atoms with van der Waals surface area (Å²) in [6.45, 7) is 1.96. The summed E-state index contributed by atoms with van der Waals surface area (Å²) in [6.07, 6.45) is 4.38. The number of carbonyl (C=O) groups excluding carboxylic acids is 1. The highest BCUT2D eigenvalue weighted by molar-refractivity contribution is 9.10. The second-order valence-corrected chi connectivity index (χ2v) is 5.90. The van der Waals surface area contributed by atoms with Crippen LogP contribution in [0, 0.1) is 17.0 Å². The molecule has 0 atom stereocenters. The van der Waals surface area contributed by atoms with Gasteiger partial charge in [0.1, 0.15) is 11.6 Å². The number of halogens is 3.